The van der Waals surface area contributed by atoms with E-state index in [0.717, 1.165) is 0 Å². The van der Waals surface area contributed by atoms with Crippen LogP contribution >= 0.6 is 0 Å². The molecule has 0 spiro atoms. The second-order valence-corrected chi connectivity index (χ2v) is 2.03. The molecule has 0 radical (unpaired) electrons. The summed E-state index contributed by atoms with van der Waals surface area (Å²) in [5, 5.41) is 8.99. The number of nitrogens with zero attached hydrogens (tertiary/aromatic N) is 2. The van der Waals surface area contributed by atoms with Gasteiger partial charge in [-0.15, -0.1) is 5.10 Å². The van der Waals surface area contributed by atoms with E-state index in [1.807, 2.05) is 0 Å². The van der Waals surface area contributed by atoms with Crippen LogP contribution in [0.1, 0.15) is 24.0 Å². The van der Waals surface area contributed by atoms with Crippen molar-refractivity contribution in [3.8, 4) is 0 Å². The quantitative estimate of drug-likeness (QED) is 0.620. The number of ketones is 1. The molecule has 0 aliphatic heterocycles. The van der Waals surface area contributed by atoms with Crippen molar-refractivity contribution in [2.24, 2.45) is 0 Å². The van der Waals surface area contributed by atoms with Crippen molar-refractivity contribution in [2.45, 2.75) is 13.3 Å². The van der Waals surface area contributed by atoms with Crippen LogP contribution in [0.2, 0.25) is 0 Å². The summed E-state index contributed by atoms with van der Waals surface area (Å²) in [6.45, 7) is 1.78. The van der Waals surface area contributed by atoms with Gasteiger partial charge in [-0.25, -0.2) is 0 Å². The van der Waals surface area contributed by atoms with E-state index in [4.69, 9.17) is 0 Å². The minimum absolute atomic E-state index is 0.0287. The number of carbonyl (C=O) groups is 1. The third-order valence-electron chi connectivity index (χ3n) is 1.29. The number of aromatic nitrogens is 3. The van der Waals surface area contributed by atoms with Crippen molar-refractivity contribution in [3.05, 3.63) is 5.82 Å². The predicted molar refractivity (Wildman–Crippen MR) is 40.6 cm³/mol. The van der Waals surface area contributed by atoms with E-state index in [0.29, 0.717) is 18.2 Å². The summed E-state index contributed by atoms with van der Waals surface area (Å²) in [6, 6.07) is 0. The maximum absolute atomic E-state index is 11.0. The number of hydrogen-bond donors (Lipinski definition) is 2. The molecule has 1 aromatic rings. The molecule has 0 aromatic carbocycles. The number of aromatic amines is 1. The standard InChI is InChI=1S/C6H10N4O/c1-3-4(11)5-8-6(7-2)10-9-5/h3H2,1-2H3,(H2,7,8,9,10). The maximum Gasteiger partial charge on any atom is 0.242 e. The number of anilines is 1. The number of Topliss-reactive ketones (excluding diaryl/α,β-unsaturated/α-hetero) is 1. The minimum atomic E-state index is -0.0287. The van der Waals surface area contributed by atoms with Crippen molar-refractivity contribution >= 4 is 11.7 Å². The molecular formula is C6H10N4O. The molecule has 1 heterocycles. The molecule has 0 bridgehead atoms. The number of nitrogens with one attached hydrogen (secondary N) is 2. The van der Waals surface area contributed by atoms with Gasteiger partial charge in [-0.1, -0.05) is 6.92 Å². The highest BCUT2D eigenvalue weighted by molar-refractivity contribution is 5.92. The summed E-state index contributed by atoms with van der Waals surface area (Å²) < 4.78 is 0. The molecule has 0 aliphatic rings. The summed E-state index contributed by atoms with van der Waals surface area (Å²) in [7, 11) is 1.70. The highest BCUT2D eigenvalue weighted by atomic mass is 16.1. The maximum atomic E-state index is 11.0. The van der Waals surface area contributed by atoms with Gasteiger partial charge in [0.05, 0.1) is 0 Å². The average molecular weight is 154 g/mol. The summed E-state index contributed by atoms with van der Waals surface area (Å²) in [6.07, 6.45) is 0.443. The van der Waals surface area contributed by atoms with Gasteiger partial charge in [-0.05, 0) is 0 Å². The first kappa shape index (κ1) is 7.71. The Morgan fingerprint density at radius 2 is 2.45 bits per heavy atom. The van der Waals surface area contributed by atoms with Crippen molar-refractivity contribution in [2.75, 3.05) is 12.4 Å². The van der Waals surface area contributed by atoms with E-state index < -0.39 is 0 Å². The van der Waals surface area contributed by atoms with Gasteiger partial charge in [0.1, 0.15) is 0 Å². The Morgan fingerprint density at radius 1 is 1.73 bits per heavy atom. The highest BCUT2D eigenvalue weighted by Crippen LogP contribution is 1.99. The second kappa shape index (κ2) is 3.14. The van der Waals surface area contributed by atoms with Gasteiger partial charge in [-0.2, -0.15) is 4.98 Å². The lowest BCUT2D eigenvalue weighted by Crippen LogP contribution is -1.99. The molecule has 1 rings (SSSR count). The molecule has 5 nitrogen and oxygen atoms in total. The Labute approximate surface area is 64.2 Å². The van der Waals surface area contributed by atoms with Crippen LogP contribution in [-0.2, 0) is 0 Å². The van der Waals surface area contributed by atoms with Crippen LogP contribution in [-0.4, -0.2) is 28.0 Å². The largest absolute Gasteiger partial charge is 0.356 e. The van der Waals surface area contributed by atoms with Crippen molar-refractivity contribution in [3.63, 3.8) is 0 Å². The van der Waals surface area contributed by atoms with Gasteiger partial charge >= 0.3 is 0 Å². The van der Waals surface area contributed by atoms with E-state index in [-0.39, 0.29) is 5.78 Å². The Bertz CT molecular complexity index is 255. The molecule has 0 saturated heterocycles. The lowest BCUT2D eigenvalue weighted by Gasteiger charge is -1.87. The normalized spacial score (nSPS) is 9.64. The molecule has 0 aliphatic carbocycles. The fourth-order valence-corrected chi connectivity index (χ4v) is 0.666. The van der Waals surface area contributed by atoms with E-state index in [1.54, 1.807) is 14.0 Å². The van der Waals surface area contributed by atoms with E-state index in [2.05, 4.69) is 20.5 Å². The molecule has 0 amide bonds. The summed E-state index contributed by atoms with van der Waals surface area (Å²) in [4.78, 5) is 14.9. The summed E-state index contributed by atoms with van der Waals surface area (Å²) >= 11 is 0. The van der Waals surface area contributed by atoms with Gasteiger partial charge in [-0.3, -0.25) is 9.89 Å². The second-order valence-electron chi connectivity index (χ2n) is 2.03. The van der Waals surface area contributed by atoms with Gasteiger partial charge in [0.25, 0.3) is 0 Å². The first-order valence-electron chi connectivity index (χ1n) is 3.41. The highest BCUT2D eigenvalue weighted by Gasteiger charge is 2.07. The van der Waals surface area contributed by atoms with Gasteiger partial charge in [0.2, 0.25) is 5.95 Å². The first-order chi connectivity index (χ1) is 5.27. The van der Waals surface area contributed by atoms with E-state index in [9.17, 15) is 4.79 Å². The van der Waals surface area contributed by atoms with Crippen LogP contribution in [0.5, 0.6) is 0 Å². The zero-order chi connectivity index (χ0) is 8.27. The molecule has 5 heteroatoms. The first-order valence-corrected chi connectivity index (χ1v) is 3.41. The van der Waals surface area contributed by atoms with Crippen molar-refractivity contribution in [1.29, 1.82) is 0 Å². The molecule has 1 aromatic heterocycles. The molecule has 0 fully saturated rings. The van der Waals surface area contributed by atoms with Gasteiger partial charge in [0, 0.05) is 13.5 Å². The van der Waals surface area contributed by atoms with Gasteiger partial charge in [0.15, 0.2) is 11.6 Å². The zero-order valence-electron chi connectivity index (χ0n) is 6.51. The third-order valence-corrected chi connectivity index (χ3v) is 1.29. The molecule has 0 atom stereocenters. The number of rotatable bonds is 3. The topological polar surface area (TPSA) is 70.7 Å². The Morgan fingerprint density at radius 3 is 2.91 bits per heavy atom. The lowest BCUT2D eigenvalue weighted by molar-refractivity contribution is 0.0978. The molecule has 2 N–H and O–H groups in total. The van der Waals surface area contributed by atoms with Crippen LogP contribution in [0.15, 0.2) is 0 Å². The molecule has 60 valence electrons. The SMILES string of the molecule is CCC(=O)c1nc(NC)n[nH]1. The molecule has 0 unspecified atom stereocenters. The Balaban J connectivity index is 2.80. The monoisotopic (exact) mass is 154 g/mol. The molecule has 11 heavy (non-hydrogen) atoms. The Kier molecular flexibility index (Phi) is 2.20. The van der Waals surface area contributed by atoms with Crippen LogP contribution < -0.4 is 5.32 Å². The molecular weight excluding hydrogens is 144 g/mol. The van der Waals surface area contributed by atoms with Crippen LogP contribution in [0.4, 0.5) is 5.95 Å². The number of carbonyl (C=O) groups excluding carboxylic acids is 1. The van der Waals surface area contributed by atoms with Crippen LogP contribution in [0.25, 0.3) is 0 Å². The predicted octanol–water partition coefficient (Wildman–Crippen LogP) is 0.439. The average Bonchev–Trinajstić information content (AvgIpc) is 2.50. The van der Waals surface area contributed by atoms with Crippen molar-refractivity contribution in [1.82, 2.24) is 15.2 Å². The molecule has 0 saturated carbocycles. The van der Waals surface area contributed by atoms with E-state index in [1.165, 1.54) is 0 Å². The summed E-state index contributed by atoms with van der Waals surface area (Å²) in [5.41, 5.74) is 0. The minimum Gasteiger partial charge on any atom is -0.356 e. The number of H-pyrrole nitrogens is 1. The van der Waals surface area contributed by atoms with Gasteiger partial charge < -0.3 is 5.32 Å². The third kappa shape index (κ3) is 1.54. The Hall–Kier alpha value is -1.39. The smallest absolute Gasteiger partial charge is 0.242 e. The fourth-order valence-electron chi connectivity index (χ4n) is 0.666. The summed E-state index contributed by atoms with van der Waals surface area (Å²) in [5.74, 6) is 0.734. The lowest BCUT2D eigenvalue weighted by atomic mass is 10.3. The van der Waals surface area contributed by atoms with E-state index >= 15 is 0 Å². The van der Waals surface area contributed by atoms with Crippen LogP contribution in [0, 0.1) is 0 Å². The van der Waals surface area contributed by atoms with Crippen molar-refractivity contribution < 1.29 is 4.79 Å². The fraction of sp³-hybridized carbons (Fsp3) is 0.500. The number of hydrogen-bond acceptors (Lipinski definition) is 4. The zero-order valence-corrected chi connectivity index (χ0v) is 6.51. The van der Waals surface area contributed by atoms with Crippen LogP contribution in [0.3, 0.4) is 0 Å².